The molecule has 5 heteroatoms. The van der Waals surface area contributed by atoms with E-state index in [-0.39, 0.29) is 34.5 Å². The normalized spacial score (nSPS) is 11.1. The summed E-state index contributed by atoms with van der Waals surface area (Å²) in [5, 5.41) is 0. The van der Waals surface area contributed by atoms with Gasteiger partial charge in [-0.3, -0.25) is 0 Å². The molecule has 0 fully saturated rings. The van der Waals surface area contributed by atoms with Gasteiger partial charge in [0.1, 0.15) is 10.1 Å². The van der Waals surface area contributed by atoms with Crippen molar-refractivity contribution < 1.29 is 42.5 Å². The SMILES string of the molecule is C=C(C=Cc1ccccc1)c1ccc(S(=O)(=O)[O-])cc1.[Na+]. The van der Waals surface area contributed by atoms with Crippen LogP contribution in [0.1, 0.15) is 11.1 Å². The summed E-state index contributed by atoms with van der Waals surface area (Å²) in [5.74, 6) is 0. The van der Waals surface area contributed by atoms with Crippen molar-refractivity contribution in [2.45, 2.75) is 4.90 Å². The Kier molecular flexibility index (Phi) is 6.58. The molecule has 0 radical (unpaired) electrons. The zero-order valence-corrected chi connectivity index (χ0v) is 14.5. The maximum atomic E-state index is 10.8. The smallest absolute Gasteiger partial charge is 0.744 e. The van der Waals surface area contributed by atoms with Gasteiger partial charge in [-0.05, 0) is 28.8 Å². The first-order chi connectivity index (χ1) is 9.47. The van der Waals surface area contributed by atoms with Crippen molar-refractivity contribution >= 4 is 21.8 Å². The van der Waals surface area contributed by atoms with Crippen molar-refractivity contribution in [2.75, 3.05) is 0 Å². The summed E-state index contributed by atoms with van der Waals surface area (Å²) >= 11 is 0. The molecule has 3 nitrogen and oxygen atoms in total. The Morgan fingerprint density at radius 1 is 1.00 bits per heavy atom. The van der Waals surface area contributed by atoms with Crippen molar-refractivity contribution in [1.82, 2.24) is 0 Å². The predicted molar refractivity (Wildman–Crippen MR) is 78.9 cm³/mol. The van der Waals surface area contributed by atoms with Crippen LogP contribution in [0.15, 0.2) is 72.1 Å². The van der Waals surface area contributed by atoms with E-state index in [1.54, 1.807) is 12.1 Å². The molecule has 0 saturated heterocycles. The fourth-order valence-electron chi connectivity index (χ4n) is 1.69. The van der Waals surface area contributed by atoms with E-state index in [2.05, 4.69) is 6.58 Å². The largest absolute Gasteiger partial charge is 1.00 e. The third-order valence-electron chi connectivity index (χ3n) is 2.79. The third kappa shape index (κ3) is 5.26. The van der Waals surface area contributed by atoms with Crippen molar-refractivity contribution in [3.05, 3.63) is 78.4 Å². The van der Waals surface area contributed by atoms with Gasteiger partial charge in [0.15, 0.2) is 0 Å². The van der Waals surface area contributed by atoms with Gasteiger partial charge in [0.05, 0.1) is 4.90 Å². The molecular weight excluding hydrogens is 295 g/mol. The van der Waals surface area contributed by atoms with Gasteiger partial charge in [0.2, 0.25) is 0 Å². The van der Waals surface area contributed by atoms with Crippen LogP contribution in [0.25, 0.3) is 11.6 Å². The van der Waals surface area contributed by atoms with Gasteiger partial charge < -0.3 is 4.55 Å². The number of allylic oxidation sites excluding steroid dienone is 2. The van der Waals surface area contributed by atoms with Crippen molar-refractivity contribution in [1.29, 1.82) is 0 Å². The molecule has 0 bridgehead atoms. The molecule has 21 heavy (non-hydrogen) atoms. The maximum Gasteiger partial charge on any atom is 1.00 e. The average molecular weight is 308 g/mol. The summed E-state index contributed by atoms with van der Waals surface area (Å²) < 4.78 is 32.5. The molecular formula is C16H13NaO3S. The number of hydrogen-bond acceptors (Lipinski definition) is 3. The van der Waals surface area contributed by atoms with Crippen LogP contribution in [-0.4, -0.2) is 13.0 Å². The Bertz CT molecular complexity index is 733. The molecule has 2 rings (SSSR count). The van der Waals surface area contributed by atoms with E-state index in [0.29, 0.717) is 0 Å². The molecule has 0 spiro atoms. The minimum Gasteiger partial charge on any atom is -0.744 e. The standard InChI is InChI=1S/C16H14O3S.Na/c1-13(7-8-14-5-3-2-4-6-14)15-9-11-16(12-10-15)20(17,18)19;/h2-12H,1H2,(H,17,18,19);/q;+1/p-1. The van der Waals surface area contributed by atoms with Crippen LogP contribution < -0.4 is 29.6 Å². The van der Waals surface area contributed by atoms with E-state index in [4.69, 9.17) is 0 Å². The van der Waals surface area contributed by atoms with E-state index >= 15 is 0 Å². The van der Waals surface area contributed by atoms with E-state index < -0.39 is 10.1 Å². The summed E-state index contributed by atoms with van der Waals surface area (Å²) in [6.07, 6.45) is 3.76. The second-order valence-corrected chi connectivity index (χ2v) is 5.63. The zero-order valence-electron chi connectivity index (χ0n) is 11.7. The molecule has 0 unspecified atom stereocenters. The van der Waals surface area contributed by atoms with Gasteiger partial charge in [0.25, 0.3) is 0 Å². The van der Waals surface area contributed by atoms with Crippen molar-refractivity contribution in [3.8, 4) is 0 Å². The summed E-state index contributed by atoms with van der Waals surface area (Å²) in [6, 6.07) is 15.5. The molecule has 0 aromatic heterocycles. The topological polar surface area (TPSA) is 57.2 Å². The quantitative estimate of drug-likeness (QED) is 0.464. The first-order valence-electron chi connectivity index (χ1n) is 5.95. The molecule has 2 aromatic rings. The summed E-state index contributed by atoms with van der Waals surface area (Å²) in [4.78, 5) is -0.235. The Labute approximate surface area is 147 Å². The Morgan fingerprint density at radius 3 is 2.10 bits per heavy atom. The second kappa shape index (κ2) is 7.73. The zero-order chi connectivity index (χ0) is 14.6. The van der Waals surface area contributed by atoms with Gasteiger partial charge in [-0.25, -0.2) is 8.42 Å². The van der Waals surface area contributed by atoms with Gasteiger partial charge in [0, 0.05) is 0 Å². The van der Waals surface area contributed by atoms with Gasteiger partial charge in [-0.15, -0.1) is 0 Å². The molecule has 2 aromatic carbocycles. The van der Waals surface area contributed by atoms with Crippen LogP contribution in [0.3, 0.4) is 0 Å². The molecule has 0 heterocycles. The Morgan fingerprint density at radius 2 is 1.57 bits per heavy atom. The summed E-state index contributed by atoms with van der Waals surface area (Å²) in [6.45, 7) is 3.92. The van der Waals surface area contributed by atoms with Crippen LogP contribution in [0, 0.1) is 0 Å². The van der Waals surface area contributed by atoms with Crippen LogP contribution in [-0.2, 0) is 10.1 Å². The summed E-state index contributed by atoms with van der Waals surface area (Å²) in [5.41, 5.74) is 2.56. The molecule has 0 saturated carbocycles. The van der Waals surface area contributed by atoms with Crippen LogP contribution in [0.4, 0.5) is 0 Å². The summed E-state index contributed by atoms with van der Waals surface area (Å²) in [7, 11) is -4.40. The number of benzene rings is 2. The van der Waals surface area contributed by atoms with Crippen molar-refractivity contribution in [3.63, 3.8) is 0 Å². The second-order valence-electron chi connectivity index (χ2n) is 4.25. The molecule has 0 aliphatic carbocycles. The molecule has 0 amide bonds. The third-order valence-corrected chi connectivity index (χ3v) is 3.64. The minimum absolute atomic E-state index is 0. The number of rotatable bonds is 4. The fraction of sp³-hybridized carbons (Fsp3) is 0. The Balaban J connectivity index is 0.00000220. The average Bonchev–Trinajstić information content (AvgIpc) is 2.45. The molecule has 0 aliphatic heterocycles. The molecule has 0 aliphatic rings. The first kappa shape index (κ1) is 17.9. The van der Waals surface area contributed by atoms with E-state index in [1.807, 2.05) is 42.5 Å². The predicted octanol–water partition coefficient (Wildman–Crippen LogP) is 0.321. The number of hydrogen-bond donors (Lipinski definition) is 0. The van der Waals surface area contributed by atoms with Gasteiger partial charge in [-0.2, -0.15) is 0 Å². The van der Waals surface area contributed by atoms with Crippen LogP contribution in [0.2, 0.25) is 0 Å². The van der Waals surface area contributed by atoms with E-state index in [9.17, 15) is 13.0 Å². The molecule has 0 atom stereocenters. The molecule has 102 valence electrons. The van der Waals surface area contributed by atoms with Gasteiger partial charge >= 0.3 is 29.6 Å². The van der Waals surface area contributed by atoms with Crippen LogP contribution >= 0.6 is 0 Å². The minimum atomic E-state index is -4.40. The van der Waals surface area contributed by atoms with E-state index in [1.165, 1.54) is 12.1 Å². The monoisotopic (exact) mass is 308 g/mol. The first-order valence-corrected chi connectivity index (χ1v) is 7.36. The fourth-order valence-corrected chi connectivity index (χ4v) is 2.16. The van der Waals surface area contributed by atoms with Crippen molar-refractivity contribution in [2.24, 2.45) is 0 Å². The Hall–Kier alpha value is -1.17. The maximum absolute atomic E-state index is 10.8. The van der Waals surface area contributed by atoms with Gasteiger partial charge in [-0.1, -0.05) is 61.2 Å². The van der Waals surface area contributed by atoms with E-state index in [0.717, 1.165) is 16.7 Å². The van der Waals surface area contributed by atoms with Crippen LogP contribution in [0.5, 0.6) is 0 Å². The molecule has 0 N–H and O–H groups in total.